The van der Waals surface area contributed by atoms with E-state index in [2.05, 4.69) is 5.16 Å². The van der Waals surface area contributed by atoms with Gasteiger partial charge in [0, 0.05) is 20.0 Å². The van der Waals surface area contributed by atoms with E-state index in [0.717, 1.165) is 22.3 Å². The molecule has 1 aliphatic heterocycles. The van der Waals surface area contributed by atoms with E-state index in [1.807, 2.05) is 121 Å². The maximum Gasteiger partial charge on any atom is 0.245 e. The minimum absolute atomic E-state index is 0.120. The molecule has 0 unspecified atom stereocenters. The van der Waals surface area contributed by atoms with Crippen LogP contribution in [0.4, 0.5) is 0 Å². The average Bonchev–Trinajstić information content (AvgIpc) is 3.43. The minimum atomic E-state index is -0.671. The molecule has 1 atom stereocenters. The van der Waals surface area contributed by atoms with E-state index < -0.39 is 12.0 Å². The molecule has 5 rings (SSSR count). The van der Waals surface area contributed by atoms with Crippen molar-refractivity contribution in [3.05, 3.63) is 144 Å². The van der Waals surface area contributed by atoms with Crippen molar-refractivity contribution in [2.24, 2.45) is 5.16 Å². The molecule has 1 saturated heterocycles. The zero-order valence-electron chi connectivity index (χ0n) is 22.6. The summed E-state index contributed by atoms with van der Waals surface area (Å²) >= 11 is 0. The Morgan fingerprint density at radius 2 is 1.30 bits per heavy atom. The molecule has 0 bridgehead atoms. The third-order valence-electron chi connectivity index (χ3n) is 7.15. The Bertz CT molecular complexity index is 1390. The van der Waals surface area contributed by atoms with Crippen LogP contribution in [-0.2, 0) is 27.6 Å². The molecule has 6 heteroatoms. The Morgan fingerprint density at radius 1 is 0.800 bits per heavy atom. The number of carbonyl (C=O) groups excluding carboxylic acids is 2. The van der Waals surface area contributed by atoms with Crippen LogP contribution in [0.3, 0.4) is 0 Å². The maximum atomic E-state index is 14.3. The van der Waals surface area contributed by atoms with Crippen molar-refractivity contribution in [1.29, 1.82) is 0 Å². The number of amides is 2. The molecule has 2 amide bonds. The first-order valence-electron chi connectivity index (χ1n) is 13.5. The number of likely N-dealkylation sites (N-methyl/N-ethyl adjacent to an activating group) is 1. The zero-order valence-corrected chi connectivity index (χ0v) is 22.6. The lowest BCUT2D eigenvalue weighted by atomic mass is 9.89. The van der Waals surface area contributed by atoms with Crippen molar-refractivity contribution in [3.63, 3.8) is 0 Å². The molecule has 0 spiro atoms. The highest BCUT2D eigenvalue weighted by Crippen LogP contribution is 2.30. The van der Waals surface area contributed by atoms with E-state index in [0.29, 0.717) is 25.3 Å². The molecule has 0 radical (unpaired) electrons. The Labute approximate surface area is 235 Å². The zero-order chi connectivity index (χ0) is 27.7. The van der Waals surface area contributed by atoms with Crippen molar-refractivity contribution in [1.82, 2.24) is 9.80 Å². The summed E-state index contributed by atoms with van der Waals surface area (Å²) in [7, 11) is 1.78. The van der Waals surface area contributed by atoms with Gasteiger partial charge in [-0.2, -0.15) is 0 Å². The highest BCUT2D eigenvalue weighted by molar-refractivity contribution is 6.02. The van der Waals surface area contributed by atoms with E-state index in [9.17, 15) is 9.59 Å². The molecule has 4 aromatic rings. The second-order valence-electron chi connectivity index (χ2n) is 10.0. The number of rotatable bonds is 9. The molecule has 0 saturated carbocycles. The first-order chi connectivity index (χ1) is 19.6. The van der Waals surface area contributed by atoms with Crippen LogP contribution in [0.25, 0.3) is 0 Å². The Hall–Kier alpha value is -4.71. The number of oxime groups is 1. The van der Waals surface area contributed by atoms with Gasteiger partial charge >= 0.3 is 0 Å². The average molecular weight is 532 g/mol. The molecule has 0 aliphatic carbocycles. The molecule has 0 N–H and O–H groups in total. The number of benzene rings is 4. The highest BCUT2D eigenvalue weighted by Gasteiger charge is 2.42. The van der Waals surface area contributed by atoms with Gasteiger partial charge < -0.3 is 14.6 Å². The smallest absolute Gasteiger partial charge is 0.245 e. The number of hydrogen-bond donors (Lipinski definition) is 0. The van der Waals surface area contributed by atoms with Crippen molar-refractivity contribution < 1.29 is 14.4 Å². The van der Waals surface area contributed by atoms with Gasteiger partial charge in [-0.05, 0) is 22.3 Å². The highest BCUT2D eigenvalue weighted by atomic mass is 16.6. The third kappa shape index (κ3) is 6.46. The Morgan fingerprint density at radius 3 is 1.85 bits per heavy atom. The number of nitrogens with zero attached hydrogens (tertiary/aromatic N) is 3. The monoisotopic (exact) mass is 531 g/mol. The molecule has 202 valence electrons. The lowest BCUT2D eigenvalue weighted by molar-refractivity contribution is -0.143. The van der Waals surface area contributed by atoms with E-state index in [-0.39, 0.29) is 18.4 Å². The fourth-order valence-electron chi connectivity index (χ4n) is 5.12. The van der Waals surface area contributed by atoms with Crippen molar-refractivity contribution in [2.75, 3.05) is 13.6 Å². The number of hydrogen-bond acceptors (Lipinski definition) is 4. The lowest BCUT2D eigenvalue weighted by Crippen LogP contribution is -2.48. The van der Waals surface area contributed by atoms with E-state index in [4.69, 9.17) is 4.84 Å². The van der Waals surface area contributed by atoms with E-state index >= 15 is 0 Å². The van der Waals surface area contributed by atoms with Crippen LogP contribution in [0.15, 0.2) is 126 Å². The fraction of sp³-hybridized carbons (Fsp3) is 0.206. The first kappa shape index (κ1) is 26.9. The second kappa shape index (κ2) is 12.9. The van der Waals surface area contributed by atoms with Crippen molar-refractivity contribution >= 4 is 17.5 Å². The van der Waals surface area contributed by atoms with Gasteiger partial charge in [0.1, 0.15) is 12.6 Å². The normalized spacial score (nSPS) is 15.8. The molecule has 6 nitrogen and oxygen atoms in total. The molecular formula is C34H33N3O3. The lowest BCUT2D eigenvalue weighted by Gasteiger charge is -2.30. The molecule has 40 heavy (non-hydrogen) atoms. The van der Waals surface area contributed by atoms with E-state index in [1.54, 1.807) is 16.8 Å². The summed E-state index contributed by atoms with van der Waals surface area (Å²) < 4.78 is 0. The summed E-state index contributed by atoms with van der Waals surface area (Å²) in [6.07, 6.45) is 0.328. The quantitative estimate of drug-likeness (QED) is 0.262. The van der Waals surface area contributed by atoms with Crippen LogP contribution in [0.5, 0.6) is 0 Å². The molecule has 1 heterocycles. The van der Waals surface area contributed by atoms with Gasteiger partial charge in [-0.1, -0.05) is 126 Å². The predicted octanol–water partition coefficient (Wildman–Crippen LogP) is 5.65. The van der Waals surface area contributed by atoms with Gasteiger partial charge in [0.05, 0.1) is 18.2 Å². The molecular weight excluding hydrogens is 498 g/mol. The van der Waals surface area contributed by atoms with Crippen molar-refractivity contribution in [2.45, 2.75) is 31.5 Å². The maximum absolute atomic E-state index is 14.3. The molecule has 4 aromatic carbocycles. The largest absolute Gasteiger partial charge is 0.391 e. The molecule has 1 aliphatic rings. The molecule has 1 fully saturated rings. The Kier molecular flexibility index (Phi) is 8.66. The van der Waals surface area contributed by atoms with Gasteiger partial charge in [-0.25, -0.2) is 0 Å². The topological polar surface area (TPSA) is 62.2 Å². The van der Waals surface area contributed by atoms with Crippen LogP contribution >= 0.6 is 0 Å². The van der Waals surface area contributed by atoms with Gasteiger partial charge in [0.2, 0.25) is 11.8 Å². The third-order valence-corrected chi connectivity index (χ3v) is 7.15. The fourth-order valence-corrected chi connectivity index (χ4v) is 5.12. The van der Waals surface area contributed by atoms with Crippen LogP contribution < -0.4 is 0 Å². The predicted molar refractivity (Wildman–Crippen MR) is 156 cm³/mol. The summed E-state index contributed by atoms with van der Waals surface area (Å²) in [5, 5.41) is 4.38. The van der Waals surface area contributed by atoms with Gasteiger partial charge in [0.15, 0.2) is 0 Å². The summed E-state index contributed by atoms with van der Waals surface area (Å²) in [6, 6.07) is 38.4. The van der Waals surface area contributed by atoms with Gasteiger partial charge in [-0.15, -0.1) is 0 Å². The Balaban J connectivity index is 1.42. The summed E-state index contributed by atoms with van der Waals surface area (Å²) in [5.74, 6) is -0.788. The minimum Gasteiger partial charge on any atom is -0.391 e. The van der Waals surface area contributed by atoms with E-state index in [1.165, 1.54) is 0 Å². The van der Waals surface area contributed by atoms with Gasteiger partial charge in [-0.3, -0.25) is 9.59 Å². The van der Waals surface area contributed by atoms with Crippen molar-refractivity contribution in [3.8, 4) is 0 Å². The number of likely N-dealkylation sites (tertiary alicyclic amines) is 1. The standard InChI is InChI=1S/C34H33N3O3/c1-36(23-26-14-6-2-7-15-26)33(38)31-22-30(35-40-25-27-16-8-3-9-17-27)24-37(31)34(39)32(28-18-10-4-11-19-28)29-20-12-5-13-21-29/h2-21,31-32H,22-25H2,1H3/b35-30+/t31-/m0/s1. The van der Waals surface area contributed by atoms with Crippen LogP contribution in [0, 0.1) is 0 Å². The van der Waals surface area contributed by atoms with Crippen LogP contribution in [0.1, 0.15) is 34.6 Å². The van der Waals surface area contributed by atoms with Gasteiger partial charge in [0.25, 0.3) is 0 Å². The summed E-state index contributed by atoms with van der Waals surface area (Å²) in [4.78, 5) is 37.2. The number of carbonyl (C=O) groups is 2. The molecule has 0 aromatic heterocycles. The van der Waals surface area contributed by atoms with Crippen LogP contribution in [-0.4, -0.2) is 47.0 Å². The summed E-state index contributed by atoms with van der Waals surface area (Å²) in [5.41, 5.74) is 4.47. The second-order valence-corrected chi connectivity index (χ2v) is 10.0. The SMILES string of the molecule is CN(Cc1ccccc1)C(=O)[C@@H]1C/C(=N\OCc2ccccc2)CN1C(=O)C(c1ccccc1)c1ccccc1. The first-order valence-corrected chi connectivity index (χ1v) is 13.5. The summed E-state index contributed by atoms with van der Waals surface area (Å²) in [6.45, 7) is 1.01. The van der Waals surface area contributed by atoms with Crippen LogP contribution in [0.2, 0.25) is 0 Å².